The van der Waals surface area contributed by atoms with E-state index in [9.17, 15) is 0 Å². The van der Waals surface area contributed by atoms with E-state index >= 15 is 0 Å². The molecule has 44 heavy (non-hydrogen) atoms. The summed E-state index contributed by atoms with van der Waals surface area (Å²) in [4.78, 5) is 3.77. The summed E-state index contributed by atoms with van der Waals surface area (Å²) in [5, 5.41) is 12.8. The normalized spacial score (nSPS) is 12.1. The summed E-state index contributed by atoms with van der Waals surface area (Å²) >= 11 is 0. The van der Waals surface area contributed by atoms with Gasteiger partial charge in [0, 0.05) is 32.7 Å². The van der Waals surface area contributed by atoms with Crippen LogP contribution in [0.2, 0.25) is 0 Å². The summed E-state index contributed by atoms with van der Waals surface area (Å²) in [7, 11) is 0. The molecule has 2 nitrogen and oxygen atoms in total. The molecule has 0 saturated heterocycles. The van der Waals surface area contributed by atoms with Crippen LogP contribution >= 0.6 is 0 Å². The third-order valence-corrected chi connectivity index (χ3v) is 9.50. The Bertz CT molecular complexity index is 2740. The molecular formula is C42H26N2. The smallest absolute Gasteiger partial charge is 0.0783 e. The number of H-pyrrole nitrogens is 1. The van der Waals surface area contributed by atoms with E-state index in [-0.39, 0.29) is 0 Å². The Labute approximate surface area is 253 Å². The van der Waals surface area contributed by atoms with Crippen molar-refractivity contribution >= 4 is 75.9 Å². The van der Waals surface area contributed by atoms with Gasteiger partial charge in [0.2, 0.25) is 0 Å². The zero-order valence-electron chi connectivity index (χ0n) is 23.9. The van der Waals surface area contributed by atoms with Crippen molar-refractivity contribution < 1.29 is 0 Å². The van der Waals surface area contributed by atoms with Crippen LogP contribution in [0.3, 0.4) is 0 Å². The highest BCUT2D eigenvalue weighted by molar-refractivity contribution is 6.26. The van der Waals surface area contributed by atoms with Gasteiger partial charge in [-0.05, 0) is 73.8 Å². The van der Waals surface area contributed by atoms with Crippen molar-refractivity contribution in [3.63, 3.8) is 0 Å². The van der Waals surface area contributed by atoms with Gasteiger partial charge in [-0.3, -0.25) is 0 Å². The Morgan fingerprint density at radius 1 is 0.364 bits per heavy atom. The maximum Gasteiger partial charge on any atom is 0.0783 e. The molecule has 2 aromatic heterocycles. The van der Waals surface area contributed by atoms with Gasteiger partial charge in [-0.1, -0.05) is 121 Å². The Morgan fingerprint density at radius 2 is 0.932 bits per heavy atom. The zero-order valence-corrected chi connectivity index (χ0v) is 23.9. The molecule has 2 heteroatoms. The van der Waals surface area contributed by atoms with Gasteiger partial charge >= 0.3 is 0 Å². The highest BCUT2D eigenvalue weighted by Gasteiger charge is 2.18. The van der Waals surface area contributed by atoms with Gasteiger partial charge in [-0.25, -0.2) is 0 Å². The van der Waals surface area contributed by atoms with Crippen LogP contribution in [0, 0.1) is 0 Å². The average Bonchev–Trinajstić information content (AvgIpc) is 3.64. The van der Waals surface area contributed by atoms with Gasteiger partial charge in [0.1, 0.15) is 0 Å². The molecule has 0 radical (unpaired) electrons. The molecule has 0 saturated carbocycles. The third kappa shape index (κ3) is 3.20. The van der Waals surface area contributed by atoms with E-state index in [4.69, 9.17) is 0 Å². The first kappa shape index (κ1) is 23.7. The minimum absolute atomic E-state index is 1.16. The minimum Gasteiger partial charge on any atom is -0.353 e. The second kappa shape index (κ2) is 8.82. The molecule has 0 atom stereocenters. The quantitative estimate of drug-likeness (QED) is 0.204. The van der Waals surface area contributed by atoms with Gasteiger partial charge in [-0.2, -0.15) is 0 Å². The first-order valence-corrected chi connectivity index (χ1v) is 15.2. The number of benzene rings is 8. The van der Waals surface area contributed by atoms with Gasteiger partial charge in [0.05, 0.1) is 16.6 Å². The molecular weight excluding hydrogens is 532 g/mol. The molecule has 8 aromatic carbocycles. The Morgan fingerprint density at radius 3 is 1.70 bits per heavy atom. The monoisotopic (exact) mass is 558 g/mol. The van der Waals surface area contributed by atoms with Crippen molar-refractivity contribution in [3.8, 4) is 16.8 Å². The highest BCUT2D eigenvalue weighted by atomic mass is 15.0. The van der Waals surface area contributed by atoms with Crippen LogP contribution in [-0.2, 0) is 0 Å². The lowest BCUT2D eigenvalue weighted by Gasteiger charge is -2.13. The van der Waals surface area contributed by atoms with Crippen molar-refractivity contribution in [3.05, 3.63) is 152 Å². The second-order valence-electron chi connectivity index (χ2n) is 11.8. The number of para-hydroxylation sites is 2. The van der Waals surface area contributed by atoms with Crippen LogP contribution in [0.1, 0.15) is 0 Å². The molecule has 0 unspecified atom stereocenters. The molecule has 1 N–H and O–H groups in total. The summed E-state index contributed by atoms with van der Waals surface area (Å²) in [6, 6.07) is 55.5. The van der Waals surface area contributed by atoms with E-state index < -0.39 is 0 Å². The SMILES string of the molecule is c1cc(-c2ccc3c4ccccc4c4ccccc4c3c2)cc(-n2c3ccccc3c3ccc4c5ccccc5[nH]c4c32)c1. The molecule has 10 aromatic rings. The van der Waals surface area contributed by atoms with E-state index in [0.29, 0.717) is 0 Å². The van der Waals surface area contributed by atoms with E-state index in [2.05, 4.69) is 161 Å². The Kier molecular flexibility index (Phi) is 4.75. The van der Waals surface area contributed by atoms with Crippen LogP contribution in [0.15, 0.2) is 152 Å². The largest absolute Gasteiger partial charge is 0.353 e. The van der Waals surface area contributed by atoms with Crippen LogP contribution in [-0.4, -0.2) is 9.55 Å². The topological polar surface area (TPSA) is 20.7 Å². The number of aromatic amines is 1. The first-order valence-electron chi connectivity index (χ1n) is 15.2. The van der Waals surface area contributed by atoms with Crippen LogP contribution in [0.4, 0.5) is 0 Å². The van der Waals surface area contributed by atoms with Crippen LogP contribution < -0.4 is 0 Å². The summed E-state index contributed by atoms with van der Waals surface area (Å²) < 4.78 is 2.44. The number of aromatic nitrogens is 2. The van der Waals surface area contributed by atoms with Gasteiger partial charge in [0.15, 0.2) is 0 Å². The van der Waals surface area contributed by atoms with Crippen molar-refractivity contribution in [1.82, 2.24) is 9.55 Å². The summed E-state index contributed by atoms with van der Waals surface area (Å²) in [5.74, 6) is 0. The molecule has 0 bridgehead atoms. The highest BCUT2D eigenvalue weighted by Crippen LogP contribution is 2.40. The minimum atomic E-state index is 1.16. The Balaban J connectivity index is 1.25. The predicted octanol–water partition coefficient (Wildman–Crippen LogP) is 11.5. The molecule has 0 spiro atoms. The molecule has 0 aliphatic rings. The van der Waals surface area contributed by atoms with Crippen LogP contribution in [0.25, 0.3) is 92.7 Å². The average molecular weight is 559 g/mol. The molecule has 204 valence electrons. The number of hydrogen-bond donors (Lipinski definition) is 1. The van der Waals surface area contributed by atoms with Crippen molar-refractivity contribution in [1.29, 1.82) is 0 Å². The lowest BCUT2D eigenvalue weighted by Crippen LogP contribution is -1.95. The number of fused-ring (bicyclic) bond motifs is 13. The first-order chi connectivity index (χ1) is 21.8. The van der Waals surface area contributed by atoms with Crippen molar-refractivity contribution in [2.45, 2.75) is 0 Å². The standard InChI is InChI=1S/C42H26N2/c1-2-14-31-29(12-1)30-13-3-4-15-32(30)38-25-27(20-21-33(31)38)26-10-9-11-28(24-26)44-40-19-8-6-17-35(40)37-23-22-36-34-16-5-7-18-39(34)43-41(36)42(37)44/h1-25,43H. The van der Waals surface area contributed by atoms with Crippen LogP contribution in [0.5, 0.6) is 0 Å². The number of nitrogens with one attached hydrogen (secondary N) is 1. The summed E-state index contributed by atoms with van der Waals surface area (Å²) in [6.07, 6.45) is 0. The number of hydrogen-bond acceptors (Lipinski definition) is 0. The van der Waals surface area contributed by atoms with E-state index in [0.717, 1.165) is 11.2 Å². The lowest BCUT2D eigenvalue weighted by molar-refractivity contribution is 1.18. The lowest BCUT2D eigenvalue weighted by atomic mass is 9.92. The maximum atomic E-state index is 3.77. The van der Waals surface area contributed by atoms with Gasteiger partial charge in [0.25, 0.3) is 0 Å². The Hall–Kier alpha value is -5.86. The molecule has 0 aliphatic heterocycles. The molecule has 0 amide bonds. The molecule has 10 rings (SSSR count). The molecule has 0 aliphatic carbocycles. The summed E-state index contributed by atoms with van der Waals surface area (Å²) in [6.45, 7) is 0. The molecule has 2 heterocycles. The second-order valence-corrected chi connectivity index (χ2v) is 11.8. The van der Waals surface area contributed by atoms with E-state index in [1.54, 1.807) is 0 Å². The number of rotatable bonds is 2. The fourth-order valence-corrected chi connectivity index (χ4v) is 7.55. The van der Waals surface area contributed by atoms with E-state index in [1.807, 2.05) is 0 Å². The fourth-order valence-electron chi connectivity index (χ4n) is 7.55. The van der Waals surface area contributed by atoms with E-state index in [1.165, 1.54) is 81.5 Å². The summed E-state index contributed by atoms with van der Waals surface area (Å²) in [5.41, 5.74) is 8.34. The van der Waals surface area contributed by atoms with Gasteiger partial charge < -0.3 is 9.55 Å². The predicted molar refractivity (Wildman–Crippen MR) is 188 cm³/mol. The van der Waals surface area contributed by atoms with Crippen molar-refractivity contribution in [2.75, 3.05) is 0 Å². The van der Waals surface area contributed by atoms with Gasteiger partial charge in [-0.15, -0.1) is 0 Å². The third-order valence-electron chi connectivity index (χ3n) is 9.50. The zero-order chi connectivity index (χ0) is 28.8. The van der Waals surface area contributed by atoms with Crippen molar-refractivity contribution in [2.24, 2.45) is 0 Å². The number of nitrogens with zero attached hydrogens (tertiary/aromatic N) is 1. The fraction of sp³-hybridized carbons (Fsp3) is 0. The molecule has 0 fully saturated rings. The maximum absolute atomic E-state index is 3.77.